The first-order chi connectivity index (χ1) is 8.63. The molecule has 1 rings (SSSR count). The molecule has 0 saturated carbocycles. The van der Waals surface area contributed by atoms with E-state index in [1.165, 1.54) is 6.07 Å². The van der Waals surface area contributed by atoms with Crippen molar-refractivity contribution in [3.05, 3.63) is 35.6 Å². The molecule has 0 radical (unpaired) electrons. The molecule has 2 N–H and O–H groups in total. The lowest BCUT2D eigenvalue weighted by Gasteiger charge is -2.13. The van der Waals surface area contributed by atoms with Gasteiger partial charge in [-0.05, 0) is 13.0 Å². The highest BCUT2D eigenvalue weighted by Crippen LogP contribution is 2.04. The third kappa shape index (κ3) is 5.25. The predicted octanol–water partition coefficient (Wildman–Crippen LogP) is 1.07. The minimum absolute atomic E-state index is 0.0299. The summed E-state index contributed by atoms with van der Waals surface area (Å²) in [5.41, 5.74) is 0.551. The van der Waals surface area contributed by atoms with Crippen LogP contribution in [0.2, 0.25) is 0 Å². The van der Waals surface area contributed by atoms with Crippen LogP contribution in [0, 0.1) is 5.82 Å². The number of halogens is 1. The van der Waals surface area contributed by atoms with Gasteiger partial charge in [-0.25, -0.2) is 4.39 Å². The van der Waals surface area contributed by atoms with Gasteiger partial charge in [0.15, 0.2) is 0 Å². The molecule has 100 valence electrons. The predicted molar refractivity (Wildman–Crippen MR) is 67.6 cm³/mol. The summed E-state index contributed by atoms with van der Waals surface area (Å²) in [4.78, 5) is 11.5. The molecule has 0 spiro atoms. The Morgan fingerprint density at radius 3 is 2.83 bits per heavy atom. The fourth-order valence-corrected chi connectivity index (χ4v) is 1.57. The van der Waals surface area contributed by atoms with E-state index in [-0.39, 0.29) is 24.3 Å². The number of amides is 1. The van der Waals surface area contributed by atoms with Crippen LogP contribution >= 0.6 is 0 Å². The van der Waals surface area contributed by atoms with E-state index in [9.17, 15) is 9.18 Å². The molecular formula is C13H19FN2O2. The van der Waals surface area contributed by atoms with E-state index in [4.69, 9.17) is 4.74 Å². The Bertz CT molecular complexity index is 385. The van der Waals surface area contributed by atoms with Gasteiger partial charge in [0, 0.05) is 25.3 Å². The minimum atomic E-state index is -0.266. The van der Waals surface area contributed by atoms with Crippen molar-refractivity contribution >= 4 is 5.91 Å². The Kier molecular flexibility index (Phi) is 6.32. The molecule has 4 nitrogen and oxygen atoms in total. The smallest absolute Gasteiger partial charge is 0.234 e. The van der Waals surface area contributed by atoms with Crippen LogP contribution in [-0.4, -0.2) is 32.2 Å². The zero-order chi connectivity index (χ0) is 13.4. The molecule has 0 aromatic heterocycles. The van der Waals surface area contributed by atoms with E-state index in [0.29, 0.717) is 18.7 Å². The van der Waals surface area contributed by atoms with Crippen LogP contribution in [0.15, 0.2) is 24.3 Å². The molecule has 5 heteroatoms. The highest BCUT2D eigenvalue weighted by Gasteiger charge is 2.07. The van der Waals surface area contributed by atoms with E-state index < -0.39 is 0 Å². The second kappa shape index (κ2) is 7.79. The molecule has 1 unspecified atom stereocenters. The average molecular weight is 254 g/mol. The monoisotopic (exact) mass is 254 g/mol. The Morgan fingerprint density at radius 1 is 1.44 bits per heavy atom. The Morgan fingerprint density at radius 2 is 2.17 bits per heavy atom. The van der Waals surface area contributed by atoms with E-state index in [0.717, 1.165) is 0 Å². The molecule has 1 amide bonds. The number of rotatable bonds is 7. The number of carbonyl (C=O) groups excluding carboxylic acids is 1. The number of benzene rings is 1. The van der Waals surface area contributed by atoms with E-state index in [1.54, 1.807) is 25.3 Å². The summed E-state index contributed by atoms with van der Waals surface area (Å²) in [6.45, 7) is 2.82. The van der Waals surface area contributed by atoms with Gasteiger partial charge in [-0.1, -0.05) is 18.2 Å². The minimum Gasteiger partial charge on any atom is -0.383 e. The molecule has 0 saturated heterocycles. The number of hydrogen-bond donors (Lipinski definition) is 2. The second-order valence-electron chi connectivity index (χ2n) is 4.12. The van der Waals surface area contributed by atoms with E-state index >= 15 is 0 Å². The number of ether oxygens (including phenoxy) is 1. The lowest BCUT2D eigenvalue weighted by molar-refractivity contribution is -0.121. The van der Waals surface area contributed by atoms with Crippen molar-refractivity contribution < 1.29 is 13.9 Å². The van der Waals surface area contributed by atoms with E-state index in [2.05, 4.69) is 10.6 Å². The third-order valence-electron chi connectivity index (χ3n) is 2.38. The van der Waals surface area contributed by atoms with Crippen LogP contribution in [0.4, 0.5) is 4.39 Å². The van der Waals surface area contributed by atoms with E-state index in [1.807, 2.05) is 6.92 Å². The summed E-state index contributed by atoms with van der Waals surface area (Å²) in [5, 5.41) is 5.66. The normalized spacial score (nSPS) is 12.2. The third-order valence-corrected chi connectivity index (χ3v) is 2.38. The summed E-state index contributed by atoms with van der Waals surface area (Å²) >= 11 is 0. The number of hydrogen-bond acceptors (Lipinski definition) is 3. The maximum absolute atomic E-state index is 13.3. The molecule has 0 aliphatic carbocycles. The zero-order valence-corrected chi connectivity index (χ0v) is 10.7. The van der Waals surface area contributed by atoms with Crippen molar-refractivity contribution in [2.75, 3.05) is 20.3 Å². The first-order valence-electron chi connectivity index (χ1n) is 5.86. The average Bonchev–Trinajstić information content (AvgIpc) is 2.31. The molecule has 0 heterocycles. The zero-order valence-electron chi connectivity index (χ0n) is 10.7. The Hall–Kier alpha value is -1.46. The van der Waals surface area contributed by atoms with Crippen LogP contribution in [0.1, 0.15) is 12.5 Å². The van der Waals surface area contributed by atoms with Crippen molar-refractivity contribution in [3.8, 4) is 0 Å². The Labute approximate surface area is 107 Å². The molecule has 18 heavy (non-hydrogen) atoms. The molecule has 0 aliphatic heterocycles. The van der Waals surface area contributed by atoms with Crippen molar-refractivity contribution in [2.45, 2.75) is 19.5 Å². The van der Waals surface area contributed by atoms with Crippen LogP contribution in [0.3, 0.4) is 0 Å². The summed E-state index contributed by atoms with van der Waals surface area (Å²) in [6, 6.07) is 6.46. The maximum atomic E-state index is 13.3. The molecule has 0 aliphatic rings. The highest BCUT2D eigenvalue weighted by atomic mass is 19.1. The molecule has 1 atom stereocenters. The van der Waals surface area contributed by atoms with Crippen molar-refractivity contribution in [3.63, 3.8) is 0 Å². The van der Waals surface area contributed by atoms with Crippen LogP contribution in [0.25, 0.3) is 0 Å². The molecule has 1 aromatic rings. The summed E-state index contributed by atoms with van der Waals surface area (Å²) in [5.74, 6) is -0.394. The number of nitrogens with one attached hydrogen (secondary N) is 2. The van der Waals surface area contributed by atoms with Crippen LogP contribution in [-0.2, 0) is 16.1 Å². The Balaban J connectivity index is 2.25. The number of methoxy groups -OCH3 is 1. The van der Waals surface area contributed by atoms with Crippen molar-refractivity contribution in [2.24, 2.45) is 0 Å². The van der Waals surface area contributed by atoms with Crippen molar-refractivity contribution in [1.82, 2.24) is 10.6 Å². The van der Waals surface area contributed by atoms with Gasteiger partial charge < -0.3 is 15.4 Å². The van der Waals surface area contributed by atoms with Gasteiger partial charge in [0.05, 0.1) is 13.2 Å². The van der Waals surface area contributed by atoms with Gasteiger partial charge in [-0.3, -0.25) is 4.79 Å². The molecule has 0 bridgehead atoms. The highest BCUT2D eigenvalue weighted by molar-refractivity contribution is 5.78. The largest absolute Gasteiger partial charge is 0.383 e. The van der Waals surface area contributed by atoms with Crippen LogP contribution in [0.5, 0.6) is 0 Å². The topological polar surface area (TPSA) is 50.4 Å². The summed E-state index contributed by atoms with van der Waals surface area (Å²) in [7, 11) is 1.58. The first kappa shape index (κ1) is 14.6. The van der Waals surface area contributed by atoms with Gasteiger partial charge in [0.1, 0.15) is 5.82 Å². The van der Waals surface area contributed by atoms with Gasteiger partial charge in [0.2, 0.25) is 5.91 Å². The summed E-state index contributed by atoms with van der Waals surface area (Å²) in [6.07, 6.45) is 0. The molecule has 0 fully saturated rings. The van der Waals surface area contributed by atoms with Gasteiger partial charge in [0.25, 0.3) is 0 Å². The van der Waals surface area contributed by atoms with Crippen molar-refractivity contribution in [1.29, 1.82) is 0 Å². The maximum Gasteiger partial charge on any atom is 0.234 e. The molecule has 1 aromatic carbocycles. The summed E-state index contributed by atoms with van der Waals surface area (Å²) < 4.78 is 18.2. The fourth-order valence-electron chi connectivity index (χ4n) is 1.57. The van der Waals surface area contributed by atoms with Gasteiger partial charge in [-0.2, -0.15) is 0 Å². The van der Waals surface area contributed by atoms with Gasteiger partial charge >= 0.3 is 0 Å². The number of carbonyl (C=O) groups is 1. The molecular weight excluding hydrogens is 235 g/mol. The van der Waals surface area contributed by atoms with Gasteiger partial charge in [-0.15, -0.1) is 0 Å². The lowest BCUT2D eigenvalue weighted by atomic mass is 10.2. The second-order valence-corrected chi connectivity index (χ2v) is 4.12. The fraction of sp³-hybridized carbons (Fsp3) is 0.462. The first-order valence-corrected chi connectivity index (χ1v) is 5.86. The standard InChI is InChI=1S/C13H19FN2O2/c1-10(9-18-2)16-13(17)8-15-7-11-5-3-4-6-12(11)14/h3-6,10,15H,7-9H2,1-2H3,(H,16,17). The van der Waals surface area contributed by atoms with Crippen LogP contribution < -0.4 is 10.6 Å². The SMILES string of the molecule is COCC(C)NC(=O)CNCc1ccccc1F. The quantitative estimate of drug-likeness (QED) is 0.765. The lowest BCUT2D eigenvalue weighted by Crippen LogP contribution is -2.40.